The first kappa shape index (κ1) is 12.0. The molecule has 0 aliphatic heterocycles. The molecule has 0 radical (unpaired) electrons. The van der Waals surface area contributed by atoms with Crippen LogP contribution < -0.4 is 0 Å². The molecule has 0 amide bonds. The maximum atomic E-state index is 9.95. The van der Waals surface area contributed by atoms with Gasteiger partial charge in [-0.25, -0.2) is 0 Å². The maximum absolute atomic E-state index is 9.95. The zero-order chi connectivity index (χ0) is 11.0. The zero-order valence-electron chi connectivity index (χ0n) is 10.4. The van der Waals surface area contributed by atoms with E-state index in [4.69, 9.17) is 0 Å². The lowest BCUT2D eigenvalue weighted by Gasteiger charge is -2.43. The van der Waals surface area contributed by atoms with Crippen molar-refractivity contribution in [3.8, 4) is 0 Å². The third-order valence-electron chi connectivity index (χ3n) is 4.52. The summed E-state index contributed by atoms with van der Waals surface area (Å²) in [5.41, 5.74) is 0.0417. The molecule has 1 saturated carbocycles. The first-order chi connectivity index (χ1) is 6.26. The first-order valence-electron chi connectivity index (χ1n) is 5.98. The van der Waals surface area contributed by atoms with Crippen molar-refractivity contribution >= 4 is 0 Å². The molecule has 1 fully saturated rings. The van der Waals surface area contributed by atoms with E-state index in [-0.39, 0.29) is 0 Å². The van der Waals surface area contributed by atoms with Gasteiger partial charge in [-0.2, -0.15) is 0 Å². The van der Waals surface area contributed by atoms with Gasteiger partial charge in [-0.15, -0.1) is 0 Å². The van der Waals surface area contributed by atoms with Crippen LogP contribution in [0.5, 0.6) is 0 Å². The molecule has 1 nitrogen and oxygen atoms in total. The fraction of sp³-hybridized carbons (Fsp3) is 1.00. The normalized spacial score (nSPS) is 34.9. The Bertz CT molecular complexity index is 180. The summed E-state index contributed by atoms with van der Waals surface area (Å²) in [6, 6.07) is 0. The van der Waals surface area contributed by atoms with E-state index < -0.39 is 5.60 Å². The van der Waals surface area contributed by atoms with Crippen LogP contribution in [0, 0.1) is 17.3 Å². The van der Waals surface area contributed by atoms with Gasteiger partial charge >= 0.3 is 0 Å². The standard InChI is InChI=1S/C13H26O/c1-10(2)13(5)8-6-11(7-9-13)12(3,4)14/h10-11,14H,6-9H2,1-5H3/t11-,13+. The van der Waals surface area contributed by atoms with Gasteiger partial charge in [-0.3, -0.25) is 0 Å². The molecule has 0 aromatic rings. The van der Waals surface area contributed by atoms with Crippen molar-refractivity contribution in [1.29, 1.82) is 0 Å². The number of rotatable bonds is 2. The van der Waals surface area contributed by atoms with Gasteiger partial charge in [0.15, 0.2) is 0 Å². The third kappa shape index (κ3) is 2.50. The summed E-state index contributed by atoms with van der Waals surface area (Å²) in [4.78, 5) is 0. The molecular formula is C13H26O. The van der Waals surface area contributed by atoms with Gasteiger partial charge < -0.3 is 5.11 Å². The van der Waals surface area contributed by atoms with E-state index in [1.807, 2.05) is 13.8 Å². The van der Waals surface area contributed by atoms with Gasteiger partial charge in [-0.05, 0) is 56.8 Å². The average Bonchev–Trinajstić information content (AvgIpc) is 2.03. The lowest BCUT2D eigenvalue weighted by atomic mass is 9.63. The van der Waals surface area contributed by atoms with Crippen molar-refractivity contribution in [3.63, 3.8) is 0 Å². The van der Waals surface area contributed by atoms with Crippen molar-refractivity contribution in [2.75, 3.05) is 0 Å². The minimum atomic E-state index is -0.474. The molecule has 0 atom stereocenters. The summed E-state index contributed by atoms with van der Waals surface area (Å²) in [6.45, 7) is 11.0. The Labute approximate surface area is 88.9 Å². The van der Waals surface area contributed by atoms with Gasteiger partial charge in [0.25, 0.3) is 0 Å². The monoisotopic (exact) mass is 198 g/mol. The fourth-order valence-electron chi connectivity index (χ4n) is 2.56. The van der Waals surface area contributed by atoms with Crippen LogP contribution in [0.25, 0.3) is 0 Å². The fourth-order valence-corrected chi connectivity index (χ4v) is 2.56. The SMILES string of the molecule is CC(C)[C@]1(C)CC[C@H](C(C)(C)O)CC1. The molecule has 0 unspecified atom stereocenters. The Morgan fingerprint density at radius 1 is 1.21 bits per heavy atom. The van der Waals surface area contributed by atoms with Gasteiger partial charge in [0, 0.05) is 0 Å². The topological polar surface area (TPSA) is 20.2 Å². The first-order valence-corrected chi connectivity index (χ1v) is 5.98. The van der Waals surface area contributed by atoms with Gasteiger partial charge in [0.2, 0.25) is 0 Å². The Kier molecular flexibility index (Phi) is 3.30. The van der Waals surface area contributed by atoms with E-state index in [1.165, 1.54) is 25.7 Å². The van der Waals surface area contributed by atoms with Crippen LogP contribution in [0.2, 0.25) is 0 Å². The average molecular weight is 198 g/mol. The van der Waals surface area contributed by atoms with Crippen molar-refractivity contribution in [3.05, 3.63) is 0 Å². The van der Waals surface area contributed by atoms with Gasteiger partial charge in [0.1, 0.15) is 0 Å². The van der Waals surface area contributed by atoms with Crippen LogP contribution in [-0.2, 0) is 0 Å². The number of hydrogen-bond acceptors (Lipinski definition) is 1. The van der Waals surface area contributed by atoms with Crippen LogP contribution in [0.1, 0.15) is 60.3 Å². The molecule has 1 aliphatic rings. The predicted octanol–water partition coefficient (Wildman–Crippen LogP) is 3.61. The Balaban J connectivity index is 2.54. The lowest BCUT2D eigenvalue weighted by molar-refractivity contribution is -0.0254. The number of aliphatic hydroxyl groups is 1. The second kappa shape index (κ2) is 3.84. The minimum Gasteiger partial charge on any atom is -0.390 e. The summed E-state index contributed by atoms with van der Waals surface area (Å²) >= 11 is 0. The van der Waals surface area contributed by atoms with Crippen molar-refractivity contribution < 1.29 is 5.11 Å². The molecule has 1 aliphatic carbocycles. The highest BCUT2D eigenvalue weighted by Crippen LogP contribution is 2.46. The molecule has 1 rings (SSSR count). The maximum Gasteiger partial charge on any atom is 0.0619 e. The van der Waals surface area contributed by atoms with Crippen LogP contribution in [-0.4, -0.2) is 10.7 Å². The van der Waals surface area contributed by atoms with Crippen molar-refractivity contribution in [2.24, 2.45) is 17.3 Å². The summed E-state index contributed by atoms with van der Waals surface area (Å²) in [7, 11) is 0. The zero-order valence-corrected chi connectivity index (χ0v) is 10.4. The molecule has 14 heavy (non-hydrogen) atoms. The molecular weight excluding hydrogens is 172 g/mol. The molecule has 0 aromatic carbocycles. The molecule has 0 heterocycles. The quantitative estimate of drug-likeness (QED) is 0.718. The molecule has 0 spiro atoms. The second-order valence-corrected chi connectivity index (χ2v) is 6.24. The Hall–Kier alpha value is -0.0400. The Morgan fingerprint density at radius 3 is 1.93 bits per heavy atom. The van der Waals surface area contributed by atoms with Gasteiger partial charge in [-0.1, -0.05) is 20.8 Å². The summed E-state index contributed by atoms with van der Waals surface area (Å²) in [6.07, 6.45) is 4.94. The summed E-state index contributed by atoms with van der Waals surface area (Å²) in [5.74, 6) is 1.28. The molecule has 0 aromatic heterocycles. The summed E-state index contributed by atoms with van der Waals surface area (Å²) in [5, 5.41) is 9.95. The molecule has 0 saturated heterocycles. The largest absolute Gasteiger partial charge is 0.390 e. The highest BCUT2D eigenvalue weighted by Gasteiger charge is 2.38. The Morgan fingerprint density at radius 2 is 1.64 bits per heavy atom. The van der Waals surface area contributed by atoms with Crippen LogP contribution >= 0.6 is 0 Å². The van der Waals surface area contributed by atoms with Crippen LogP contribution in [0.15, 0.2) is 0 Å². The molecule has 1 heteroatoms. The highest BCUT2D eigenvalue weighted by atomic mass is 16.3. The van der Waals surface area contributed by atoms with E-state index in [9.17, 15) is 5.11 Å². The van der Waals surface area contributed by atoms with E-state index >= 15 is 0 Å². The number of hydrogen-bond donors (Lipinski definition) is 1. The molecule has 1 N–H and O–H groups in total. The van der Waals surface area contributed by atoms with Crippen LogP contribution in [0.4, 0.5) is 0 Å². The highest BCUT2D eigenvalue weighted by molar-refractivity contribution is 4.89. The third-order valence-corrected chi connectivity index (χ3v) is 4.52. The predicted molar refractivity (Wildman–Crippen MR) is 61.2 cm³/mol. The lowest BCUT2D eigenvalue weighted by Crippen LogP contribution is -2.38. The van der Waals surface area contributed by atoms with E-state index in [0.717, 1.165) is 5.92 Å². The molecule has 84 valence electrons. The van der Waals surface area contributed by atoms with Crippen molar-refractivity contribution in [1.82, 2.24) is 0 Å². The minimum absolute atomic E-state index is 0.474. The van der Waals surface area contributed by atoms with E-state index in [2.05, 4.69) is 20.8 Å². The van der Waals surface area contributed by atoms with E-state index in [0.29, 0.717) is 11.3 Å². The smallest absolute Gasteiger partial charge is 0.0619 e. The summed E-state index contributed by atoms with van der Waals surface area (Å²) < 4.78 is 0. The van der Waals surface area contributed by atoms with Crippen LogP contribution in [0.3, 0.4) is 0 Å². The van der Waals surface area contributed by atoms with E-state index in [1.54, 1.807) is 0 Å². The van der Waals surface area contributed by atoms with Gasteiger partial charge in [0.05, 0.1) is 5.60 Å². The van der Waals surface area contributed by atoms with Crippen molar-refractivity contribution in [2.45, 2.75) is 65.9 Å². The second-order valence-electron chi connectivity index (χ2n) is 6.24. The molecule has 0 bridgehead atoms.